The summed E-state index contributed by atoms with van der Waals surface area (Å²) in [6, 6.07) is 8.70. The maximum Gasteiger partial charge on any atom is 0.319 e. The van der Waals surface area contributed by atoms with Gasteiger partial charge in [-0.2, -0.15) is 0 Å². The number of amides is 2. The summed E-state index contributed by atoms with van der Waals surface area (Å²) in [7, 11) is 0. The number of nitrogens with zero attached hydrogens (tertiary/aromatic N) is 3. The predicted molar refractivity (Wildman–Crippen MR) is 110 cm³/mol. The fourth-order valence-corrected chi connectivity index (χ4v) is 3.13. The van der Waals surface area contributed by atoms with Crippen molar-refractivity contribution in [2.75, 3.05) is 41.7 Å². The largest absolute Gasteiger partial charge is 0.368 e. The zero-order valence-corrected chi connectivity index (χ0v) is 16.2. The average Bonchev–Trinajstić information content (AvgIpc) is 2.67. The molecule has 3 rings (SSSR count). The minimum atomic E-state index is -0.257. The lowest BCUT2D eigenvalue weighted by atomic mass is 10.1. The number of nitrogens with one attached hydrogen (secondary N) is 3. The molecule has 7 nitrogen and oxygen atoms in total. The van der Waals surface area contributed by atoms with Crippen LogP contribution < -0.4 is 20.9 Å². The molecule has 0 spiro atoms. The molecule has 2 aromatic rings. The molecule has 0 radical (unpaired) electrons. The van der Waals surface area contributed by atoms with Gasteiger partial charge in [0.15, 0.2) is 0 Å². The monoisotopic (exact) mass is 388 g/mol. The SMILES string of the molecule is Cc1nc(NCCNC(=O)Nc2ccc(Cl)cc2)cc(N2CCCCC2)n1. The van der Waals surface area contributed by atoms with Crippen LogP contribution in [0.25, 0.3) is 0 Å². The van der Waals surface area contributed by atoms with Crippen LogP contribution in [0.1, 0.15) is 25.1 Å². The van der Waals surface area contributed by atoms with Crippen molar-refractivity contribution in [3.8, 4) is 0 Å². The van der Waals surface area contributed by atoms with E-state index in [1.165, 1.54) is 19.3 Å². The second-order valence-corrected chi connectivity index (χ2v) is 6.96. The fourth-order valence-electron chi connectivity index (χ4n) is 3.00. The molecular weight excluding hydrogens is 364 g/mol. The van der Waals surface area contributed by atoms with Crippen molar-refractivity contribution in [2.24, 2.45) is 0 Å². The molecule has 0 unspecified atom stereocenters. The van der Waals surface area contributed by atoms with Crippen molar-refractivity contribution in [3.63, 3.8) is 0 Å². The first-order valence-electron chi connectivity index (χ1n) is 9.25. The highest BCUT2D eigenvalue weighted by atomic mass is 35.5. The van der Waals surface area contributed by atoms with E-state index in [9.17, 15) is 4.79 Å². The molecule has 1 aliphatic rings. The summed E-state index contributed by atoms with van der Waals surface area (Å²) >= 11 is 5.83. The van der Waals surface area contributed by atoms with Gasteiger partial charge in [0, 0.05) is 43.0 Å². The molecule has 0 bridgehead atoms. The van der Waals surface area contributed by atoms with E-state index in [2.05, 4.69) is 30.8 Å². The summed E-state index contributed by atoms with van der Waals surface area (Å²) in [6.45, 7) is 5.03. The number of hydrogen-bond acceptors (Lipinski definition) is 5. The molecule has 2 amide bonds. The van der Waals surface area contributed by atoms with Gasteiger partial charge in [-0.1, -0.05) is 11.6 Å². The van der Waals surface area contributed by atoms with Crippen LogP contribution in [-0.4, -0.2) is 42.2 Å². The minimum absolute atomic E-state index is 0.257. The third-order valence-electron chi connectivity index (χ3n) is 4.32. The highest BCUT2D eigenvalue weighted by Gasteiger charge is 2.13. The summed E-state index contributed by atoms with van der Waals surface area (Å²) in [5.41, 5.74) is 0.697. The lowest BCUT2D eigenvalue weighted by molar-refractivity contribution is 0.252. The number of halogens is 1. The van der Waals surface area contributed by atoms with Crippen molar-refractivity contribution >= 4 is 35.0 Å². The van der Waals surface area contributed by atoms with Gasteiger partial charge in [0.2, 0.25) is 0 Å². The van der Waals surface area contributed by atoms with Gasteiger partial charge in [0.05, 0.1) is 0 Å². The van der Waals surface area contributed by atoms with Gasteiger partial charge < -0.3 is 20.9 Å². The maximum atomic E-state index is 11.9. The molecule has 2 heterocycles. The Morgan fingerprint density at radius 3 is 2.59 bits per heavy atom. The normalized spacial score (nSPS) is 13.9. The second kappa shape index (κ2) is 9.41. The molecule has 27 heavy (non-hydrogen) atoms. The summed E-state index contributed by atoms with van der Waals surface area (Å²) in [5.74, 6) is 2.50. The predicted octanol–water partition coefficient (Wildman–Crippen LogP) is 3.66. The number of rotatable bonds is 6. The molecule has 8 heteroatoms. The van der Waals surface area contributed by atoms with Crippen LogP contribution in [0, 0.1) is 6.92 Å². The Labute approximate surface area is 164 Å². The van der Waals surface area contributed by atoms with Crippen LogP contribution in [0.3, 0.4) is 0 Å². The lowest BCUT2D eigenvalue weighted by Crippen LogP contribution is -2.33. The molecule has 3 N–H and O–H groups in total. The van der Waals surface area contributed by atoms with Crippen LogP contribution in [0.5, 0.6) is 0 Å². The van der Waals surface area contributed by atoms with Crippen molar-refractivity contribution in [1.82, 2.24) is 15.3 Å². The highest BCUT2D eigenvalue weighted by Crippen LogP contribution is 2.20. The van der Waals surface area contributed by atoms with Crippen LogP contribution in [0.4, 0.5) is 22.1 Å². The Balaban J connectivity index is 1.45. The molecule has 1 saturated heterocycles. The van der Waals surface area contributed by atoms with E-state index >= 15 is 0 Å². The van der Waals surface area contributed by atoms with E-state index in [1.807, 2.05) is 13.0 Å². The summed E-state index contributed by atoms with van der Waals surface area (Å²) in [4.78, 5) is 23.2. The summed E-state index contributed by atoms with van der Waals surface area (Å²) in [6.07, 6.45) is 3.70. The van der Waals surface area contributed by atoms with Crippen LogP contribution in [0.15, 0.2) is 30.3 Å². The van der Waals surface area contributed by atoms with E-state index < -0.39 is 0 Å². The van der Waals surface area contributed by atoms with Crippen LogP contribution in [-0.2, 0) is 0 Å². The van der Waals surface area contributed by atoms with E-state index in [-0.39, 0.29) is 6.03 Å². The molecule has 144 valence electrons. The highest BCUT2D eigenvalue weighted by molar-refractivity contribution is 6.30. The maximum absolute atomic E-state index is 11.9. The number of piperidine rings is 1. The number of anilines is 3. The number of carbonyl (C=O) groups is 1. The number of hydrogen-bond donors (Lipinski definition) is 3. The van der Waals surface area contributed by atoms with Crippen molar-refractivity contribution in [2.45, 2.75) is 26.2 Å². The van der Waals surface area contributed by atoms with Gasteiger partial charge in [-0.05, 0) is 50.5 Å². The topological polar surface area (TPSA) is 82.2 Å². The van der Waals surface area contributed by atoms with Gasteiger partial charge in [-0.25, -0.2) is 14.8 Å². The number of carbonyl (C=O) groups excluding carboxylic acids is 1. The molecule has 0 atom stereocenters. The zero-order chi connectivity index (χ0) is 19.1. The Kier molecular flexibility index (Phi) is 6.70. The van der Waals surface area contributed by atoms with E-state index in [1.54, 1.807) is 24.3 Å². The van der Waals surface area contributed by atoms with Crippen LogP contribution >= 0.6 is 11.6 Å². The Hall–Kier alpha value is -2.54. The Morgan fingerprint density at radius 2 is 1.85 bits per heavy atom. The fraction of sp³-hybridized carbons (Fsp3) is 0.421. The van der Waals surface area contributed by atoms with Crippen molar-refractivity contribution in [3.05, 3.63) is 41.2 Å². The Bertz CT molecular complexity index is 761. The third-order valence-corrected chi connectivity index (χ3v) is 4.58. The standard InChI is InChI=1S/C19H25ClN6O/c1-14-23-17(13-18(24-14)26-11-3-2-4-12-26)21-9-10-22-19(27)25-16-7-5-15(20)6-8-16/h5-8,13H,2-4,9-12H2,1H3,(H,21,23,24)(H2,22,25,27). The first-order chi connectivity index (χ1) is 13.1. The molecular formula is C19H25ClN6O. The smallest absolute Gasteiger partial charge is 0.319 e. The molecule has 0 saturated carbocycles. The van der Waals surface area contributed by atoms with Crippen LogP contribution in [0.2, 0.25) is 5.02 Å². The van der Waals surface area contributed by atoms with Gasteiger partial charge in [0.25, 0.3) is 0 Å². The van der Waals surface area contributed by atoms with Gasteiger partial charge in [-0.15, -0.1) is 0 Å². The molecule has 1 aromatic carbocycles. The van der Waals surface area contributed by atoms with Gasteiger partial charge >= 0.3 is 6.03 Å². The van der Waals surface area contributed by atoms with E-state index in [0.29, 0.717) is 23.8 Å². The number of urea groups is 1. The first-order valence-corrected chi connectivity index (χ1v) is 9.63. The average molecular weight is 389 g/mol. The zero-order valence-electron chi connectivity index (χ0n) is 15.5. The third kappa shape index (κ3) is 5.99. The molecule has 1 aromatic heterocycles. The number of benzene rings is 1. The summed E-state index contributed by atoms with van der Waals surface area (Å²) < 4.78 is 0. The van der Waals surface area contributed by atoms with Crippen molar-refractivity contribution in [1.29, 1.82) is 0 Å². The molecule has 1 fully saturated rings. The number of aromatic nitrogens is 2. The molecule has 0 aliphatic carbocycles. The number of aryl methyl sites for hydroxylation is 1. The Morgan fingerprint density at radius 1 is 1.11 bits per heavy atom. The van der Waals surface area contributed by atoms with Crippen molar-refractivity contribution < 1.29 is 4.79 Å². The lowest BCUT2D eigenvalue weighted by Gasteiger charge is -2.28. The molecule has 1 aliphatic heterocycles. The first kappa shape index (κ1) is 19.2. The summed E-state index contributed by atoms with van der Waals surface area (Å²) in [5, 5.41) is 9.46. The van der Waals surface area contributed by atoms with E-state index in [4.69, 9.17) is 11.6 Å². The minimum Gasteiger partial charge on any atom is -0.368 e. The van der Waals surface area contributed by atoms with E-state index in [0.717, 1.165) is 30.5 Å². The second-order valence-electron chi connectivity index (χ2n) is 6.52. The van der Waals surface area contributed by atoms with Gasteiger partial charge in [-0.3, -0.25) is 0 Å². The van der Waals surface area contributed by atoms with Gasteiger partial charge in [0.1, 0.15) is 17.5 Å². The quantitative estimate of drug-likeness (QED) is 0.658.